The minimum absolute atomic E-state index is 0.0409. The number of rotatable bonds is 13. The molecule has 2 saturated carbocycles. The first-order valence-electron chi connectivity index (χ1n) is 22.0. The molecule has 6 rings (SSSR count). The van der Waals surface area contributed by atoms with Gasteiger partial charge in [0, 0.05) is 47.8 Å². The zero-order valence-corrected chi connectivity index (χ0v) is 38.1. The van der Waals surface area contributed by atoms with Crippen molar-refractivity contribution < 1.29 is 47.0 Å². The van der Waals surface area contributed by atoms with Crippen molar-refractivity contribution in [2.75, 3.05) is 26.0 Å². The van der Waals surface area contributed by atoms with Gasteiger partial charge in [0.15, 0.2) is 0 Å². The van der Waals surface area contributed by atoms with Gasteiger partial charge < -0.3 is 36.0 Å². The number of alkyl halides is 3. The fraction of sp³-hybridized carbons (Fsp3) is 0.489. The molecule has 16 nitrogen and oxygen atoms in total. The Morgan fingerprint density at radius 1 is 0.864 bits per heavy atom. The second-order valence-corrected chi connectivity index (χ2v) is 18.1. The Kier molecular flexibility index (Phi) is 17.4. The smallest absolute Gasteiger partial charge is 0.475 e. The summed E-state index contributed by atoms with van der Waals surface area (Å²) in [5.74, 6) is -2.85. The highest BCUT2D eigenvalue weighted by Crippen LogP contribution is 2.30. The number of carbonyl (C=O) groups is 5. The normalized spacial score (nSPS) is 19.1. The van der Waals surface area contributed by atoms with Crippen LogP contribution in [0.4, 0.5) is 23.7 Å². The molecule has 3 aromatic carbocycles. The fourth-order valence-corrected chi connectivity index (χ4v) is 8.08. The highest BCUT2D eigenvalue weighted by molar-refractivity contribution is 5.98. The van der Waals surface area contributed by atoms with Crippen LogP contribution in [0.2, 0.25) is 0 Å². The number of aromatic nitrogens is 4. The van der Waals surface area contributed by atoms with E-state index in [1.54, 1.807) is 24.3 Å². The van der Waals surface area contributed by atoms with Crippen molar-refractivity contribution in [1.29, 1.82) is 0 Å². The molecule has 4 amide bonds. The SMILES string of the molecule is Cc1cc(C(=O)NC2CCC(N(C)C)CC2)ccc1-c1ccc(C[C@H](NC(=O)C2CCC(CNC(=O)OC(C)(C)C)CC2)C(=O)Nc2ccc(-c3nn[nH]n3)cc2)cc1.O=C(O)C(F)(F)F. The largest absolute Gasteiger partial charge is 0.490 e. The van der Waals surface area contributed by atoms with Gasteiger partial charge in [0.2, 0.25) is 17.6 Å². The van der Waals surface area contributed by atoms with E-state index in [2.05, 4.69) is 60.9 Å². The molecule has 1 heterocycles. The van der Waals surface area contributed by atoms with Crippen LogP contribution >= 0.6 is 0 Å². The molecule has 0 saturated heterocycles. The molecule has 0 aliphatic heterocycles. The second kappa shape index (κ2) is 22.7. The fourth-order valence-electron chi connectivity index (χ4n) is 8.08. The summed E-state index contributed by atoms with van der Waals surface area (Å²) < 4.78 is 37.1. The molecular formula is C47H60F3N9O7. The second-order valence-electron chi connectivity index (χ2n) is 18.1. The van der Waals surface area contributed by atoms with E-state index in [-0.39, 0.29) is 42.0 Å². The Hall–Kier alpha value is -6.37. The lowest BCUT2D eigenvalue weighted by atomic mass is 9.81. The third-order valence-electron chi connectivity index (χ3n) is 11.7. The first-order chi connectivity index (χ1) is 31.1. The van der Waals surface area contributed by atoms with Crippen molar-refractivity contribution in [2.45, 2.75) is 115 Å². The van der Waals surface area contributed by atoms with E-state index < -0.39 is 29.9 Å². The first kappa shape index (κ1) is 50.6. The Bertz CT molecular complexity index is 2250. The van der Waals surface area contributed by atoms with E-state index in [1.807, 2.05) is 70.2 Å². The summed E-state index contributed by atoms with van der Waals surface area (Å²) in [5, 5.41) is 33.3. The average molecular weight is 920 g/mol. The lowest BCUT2D eigenvalue weighted by molar-refractivity contribution is -0.192. The quantitative estimate of drug-likeness (QED) is 0.0796. The molecule has 0 unspecified atom stereocenters. The number of nitrogens with one attached hydrogen (secondary N) is 5. The number of carboxylic acid groups (broad SMARTS) is 1. The maximum Gasteiger partial charge on any atom is 0.490 e. The van der Waals surface area contributed by atoms with Crippen LogP contribution < -0.4 is 21.3 Å². The predicted octanol–water partition coefficient (Wildman–Crippen LogP) is 7.08. The summed E-state index contributed by atoms with van der Waals surface area (Å²) in [5.41, 5.74) is 5.28. The number of aliphatic carboxylic acids is 1. The first-order valence-corrected chi connectivity index (χ1v) is 22.0. The van der Waals surface area contributed by atoms with Gasteiger partial charge in [0.05, 0.1) is 0 Å². The van der Waals surface area contributed by atoms with Crippen molar-refractivity contribution in [3.05, 3.63) is 83.4 Å². The summed E-state index contributed by atoms with van der Waals surface area (Å²) in [6.07, 6.45) is 1.76. The lowest BCUT2D eigenvalue weighted by Gasteiger charge is -2.33. The monoisotopic (exact) mass is 919 g/mol. The average Bonchev–Trinajstić information content (AvgIpc) is 3.81. The molecule has 0 spiro atoms. The van der Waals surface area contributed by atoms with Crippen molar-refractivity contribution in [3.8, 4) is 22.5 Å². The van der Waals surface area contributed by atoms with Crippen LogP contribution in [0.25, 0.3) is 22.5 Å². The number of ether oxygens (including phenoxy) is 1. The zero-order chi connectivity index (χ0) is 48.2. The van der Waals surface area contributed by atoms with Crippen LogP contribution in [-0.4, -0.2) is 111 Å². The number of benzene rings is 3. The maximum atomic E-state index is 13.9. The van der Waals surface area contributed by atoms with Crippen LogP contribution in [0.15, 0.2) is 66.7 Å². The third kappa shape index (κ3) is 15.4. The Balaban J connectivity index is 0.00000108. The number of aromatic amines is 1. The number of anilines is 1. The number of H-pyrrole nitrogens is 1. The molecule has 2 fully saturated rings. The number of carboxylic acids is 1. The van der Waals surface area contributed by atoms with Gasteiger partial charge in [-0.3, -0.25) is 14.4 Å². The zero-order valence-electron chi connectivity index (χ0n) is 38.1. The third-order valence-corrected chi connectivity index (χ3v) is 11.7. The maximum absolute atomic E-state index is 13.9. The van der Waals surface area contributed by atoms with E-state index in [9.17, 15) is 32.3 Å². The van der Waals surface area contributed by atoms with Crippen LogP contribution in [0.1, 0.15) is 93.6 Å². The van der Waals surface area contributed by atoms with Crippen LogP contribution in [0.3, 0.4) is 0 Å². The molecule has 2 aliphatic rings. The van der Waals surface area contributed by atoms with Gasteiger partial charge in [0.1, 0.15) is 11.6 Å². The summed E-state index contributed by atoms with van der Waals surface area (Å²) in [6.45, 7) is 7.99. The number of hydrogen-bond donors (Lipinski definition) is 6. The van der Waals surface area contributed by atoms with Crippen molar-refractivity contribution in [1.82, 2.24) is 41.5 Å². The lowest BCUT2D eigenvalue weighted by Crippen LogP contribution is -2.48. The molecule has 19 heteroatoms. The van der Waals surface area contributed by atoms with E-state index in [4.69, 9.17) is 14.6 Å². The molecule has 1 atom stereocenters. The van der Waals surface area contributed by atoms with Gasteiger partial charge in [-0.15, -0.1) is 10.2 Å². The van der Waals surface area contributed by atoms with E-state index >= 15 is 0 Å². The van der Waals surface area contributed by atoms with E-state index in [1.165, 1.54) is 0 Å². The molecule has 4 aromatic rings. The summed E-state index contributed by atoms with van der Waals surface area (Å²) in [6, 6.07) is 20.8. The summed E-state index contributed by atoms with van der Waals surface area (Å²) in [7, 11) is 4.23. The molecule has 6 N–H and O–H groups in total. The number of aryl methyl sites for hydroxylation is 1. The number of halogens is 3. The topological polar surface area (TPSA) is 221 Å². The minimum atomic E-state index is -5.08. The number of carbonyl (C=O) groups excluding carboxylic acids is 4. The Morgan fingerprint density at radius 3 is 2.03 bits per heavy atom. The van der Waals surface area contributed by atoms with Crippen molar-refractivity contribution in [3.63, 3.8) is 0 Å². The summed E-state index contributed by atoms with van der Waals surface area (Å²) >= 11 is 0. The minimum Gasteiger partial charge on any atom is -0.475 e. The number of amides is 4. The van der Waals surface area contributed by atoms with E-state index in [0.29, 0.717) is 42.5 Å². The number of alkyl carbamates (subject to hydrolysis) is 1. The van der Waals surface area contributed by atoms with Crippen LogP contribution in [-0.2, 0) is 25.5 Å². The van der Waals surface area contributed by atoms with Crippen molar-refractivity contribution in [2.24, 2.45) is 11.8 Å². The molecule has 2 aliphatic carbocycles. The standard InChI is InChI=1S/C45H59N9O5.C2HF3O2/c1-28-25-34(42(56)47-36-20-22-37(23-21-36)54(5)6)17-24-38(28)31-11-7-29(8-12-31)26-39(43(57)48-35-18-15-32(16-19-35)40-50-52-53-51-40)49-41(55)33-13-9-30(10-14-33)27-46-44(58)59-45(2,3)4;3-2(4,5)1(6)7/h7-8,11-12,15-19,24-25,30,33,36-37,39H,9-10,13-14,20-23,26-27H2,1-6H3,(H,46,58)(H,47,56)(H,48,57)(H,49,55)(H,50,51,52,53);(H,6,7)/t30?,33?,36?,37?,39-;/m0./s1. The van der Waals surface area contributed by atoms with Gasteiger partial charge in [-0.2, -0.15) is 18.4 Å². The molecule has 66 heavy (non-hydrogen) atoms. The summed E-state index contributed by atoms with van der Waals surface area (Å²) in [4.78, 5) is 64.1. The highest BCUT2D eigenvalue weighted by Gasteiger charge is 2.38. The van der Waals surface area contributed by atoms with Gasteiger partial charge >= 0.3 is 18.2 Å². The Morgan fingerprint density at radius 2 is 1.48 bits per heavy atom. The molecule has 1 aromatic heterocycles. The van der Waals surface area contributed by atoms with Gasteiger partial charge in [-0.1, -0.05) is 30.3 Å². The van der Waals surface area contributed by atoms with Gasteiger partial charge in [-0.05, 0) is 163 Å². The van der Waals surface area contributed by atoms with Gasteiger partial charge in [-0.25, -0.2) is 9.59 Å². The Labute approximate surface area is 382 Å². The molecule has 0 radical (unpaired) electrons. The number of nitrogens with zero attached hydrogens (tertiary/aromatic N) is 4. The molecule has 356 valence electrons. The number of tetrazole rings is 1. The van der Waals surface area contributed by atoms with Crippen LogP contribution in [0, 0.1) is 18.8 Å². The predicted molar refractivity (Wildman–Crippen MR) is 241 cm³/mol. The molecular weight excluding hydrogens is 860 g/mol. The van der Waals surface area contributed by atoms with Gasteiger partial charge in [0.25, 0.3) is 5.91 Å². The molecule has 0 bridgehead atoms. The number of hydrogen-bond acceptors (Lipinski definition) is 10. The van der Waals surface area contributed by atoms with E-state index in [0.717, 1.165) is 66.3 Å². The highest BCUT2D eigenvalue weighted by atomic mass is 19.4. The van der Waals surface area contributed by atoms with Crippen molar-refractivity contribution >= 4 is 35.5 Å². The van der Waals surface area contributed by atoms with Crippen LogP contribution in [0.5, 0.6) is 0 Å².